The first-order chi connectivity index (χ1) is 9.63. The van der Waals surface area contributed by atoms with E-state index < -0.39 is 0 Å². The van der Waals surface area contributed by atoms with Crippen LogP contribution >= 0.6 is 22.7 Å². The molecule has 0 aliphatic heterocycles. The molecular weight excluding hydrogens is 288 g/mol. The molecule has 1 atom stereocenters. The van der Waals surface area contributed by atoms with Crippen molar-refractivity contribution in [1.82, 2.24) is 10.3 Å². The highest BCUT2D eigenvalue weighted by molar-refractivity contribution is 7.11. The average molecular weight is 306 g/mol. The van der Waals surface area contributed by atoms with Gasteiger partial charge in [0.05, 0.1) is 23.2 Å². The summed E-state index contributed by atoms with van der Waals surface area (Å²) >= 11 is 3.46. The third kappa shape index (κ3) is 2.79. The smallest absolute Gasteiger partial charge is 0.226 e. The van der Waals surface area contributed by atoms with Crippen LogP contribution in [0.1, 0.15) is 44.9 Å². The molecule has 1 aliphatic carbocycles. The van der Waals surface area contributed by atoms with E-state index in [-0.39, 0.29) is 11.9 Å². The Morgan fingerprint density at radius 3 is 3.10 bits per heavy atom. The maximum atomic E-state index is 12.2. The highest BCUT2D eigenvalue weighted by atomic mass is 32.1. The summed E-state index contributed by atoms with van der Waals surface area (Å²) in [6, 6.07) is 2.35. The zero-order valence-corrected chi connectivity index (χ0v) is 13.4. The van der Waals surface area contributed by atoms with Crippen LogP contribution in [-0.2, 0) is 17.6 Å². The van der Waals surface area contributed by atoms with E-state index in [4.69, 9.17) is 0 Å². The number of thiazole rings is 1. The van der Waals surface area contributed by atoms with Crippen molar-refractivity contribution in [3.63, 3.8) is 0 Å². The van der Waals surface area contributed by atoms with Crippen LogP contribution in [0.25, 0.3) is 0 Å². The van der Waals surface area contributed by atoms with Crippen molar-refractivity contribution in [3.8, 4) is 0 Å². The number of fused-ring (bicyclic) bond motifs is 1. The number of hydrogen-bond donors (Lipinski definition) is 1. The zero-order valence-electron chi connectivity index (χ0n) is 11.7. The topological polar surface area (TPSA) is 42.0 Å². The summed E-state index contributed by atoms with van der Waals surface area (Å²) in [6.45, 7) is 4.02. The lowest BCUT2D eigenvalue weighted by Crippen LogP contribution is -2.31. The summed E-state index contributed by atoms with van der Waals surface area (Å²) < 4.78 is 0. The van der Waals surface area contributed by atoms with E-state index in [9.17, 15) is 4.79 Å². The summed E-state index contributed by atoms with van der Waals surface area (Å²) in [5.74, 6) is 0.0856. The van der Waals surface area contributed by atoms with Gasteiger partial charge in [-0.15, -0.1) is 22.7 Å². The number of nitrogens with one attached hydrogen (secondary N) is 1. The minimum atomic E-state index is 0.0856. The van der Waals surface area contributed by atoms with E-state index >= 15 is 0 Å². The van der Waals surface area contributed by atoms with E-state index in [2.05, 4.69) is 21.7 Å². The zero-order chi connectivity index (χ0) is 14.1. The number of amides is 1. The molecule has 3 nitrogen and oxygen atoms in total. The molecule has 0 bridgehead atoms. The van der Waals surface area contributed by atoms with Gasteiger partial charge in [0.25, 0.3) is 0 Å². The third-order valence-electron chi connectivity index (χ3n) is 3.71. The van der Waals surface area contributed by atoms with E-state index in [1.54, 1.807) is 22.7 Å². The molecule has 3 rings (SSSR count). The van der Waals surface area contributed by atoms with Crippen LogP contribution in [0, 0.1) is 13.8 Å². The Labute approximate surface area is 127 Å². The second kappa shape index (κ2) is 5.66. The SMILES string of the molecule is Cc1nc(CC(=O)NC2CCCc3sccc32)c(C)s1. The largest absolute Gasteiger partial charge is 0.349 e. The number of aromatic nitrogens is 1. The number of nitrogens with zero attached hydrogens (tertiary/aromatic N) is 1. The van der Waals surface area contributed by atoms with E-state index in [1.807, 2.05) is 13.8 Å². The van der Waals surface area contributed by atoms with Crippen molar-refractivity contribution in [2.24, 2.45) is 0 Å². The predicted octanol–water partition coefficient (Wildman–Crippen LogP) is 3.56. The van der Waals surface area contributed by atoms with Crippen LogP contribution < -0.4 is 5.32 Å². The predicted molar refractivity (Wildman–Crippen MR) is 83.4 cm³/mol. The van der Waals surface area contributed by atoms with Gasteiger partial charge < -0.3 is 5.32 Å². The Bertz CT molecular complexity index is 630. The average Bonchev–Trinajstić information content (AvgIpc) is 2.97. The number of carbonyl (C=O) groups is 1. The van der Waals surface area contributed by atoms with Crippen LogP contribution in [0.2, 0.25) is 0 Å². The molecule has 1 amide bonds. The molecule has 2 heterocycles. The molecule has 0 saturated heterocycles. The van der Waals surface area contributed by atoms with Gasteiger partial charge in [-0.2, -0.15) is 0 Å². The van der Waals surface area contributed by atoms with E-state index in [0.29, 0.717) is 6.42 Å². The fraction of sp³-hybridized carbons (Fsp3) is 0.467. The molecule has 5 heteroatoms. The Balaban J connectivity index is 1.67. The van der Waals surface area contributed by atoms with Crippen LogP contribution in [0.3, 0.4) is 0 Å². The Morgan fingerprint density at radius 2 is 2.35 bits per heavy atom. The van der Waals surface area contributed by atoms with Crippen LogP contribution in [0.5, 0.6) is 0 Å². The third-order valence-corrected chi connectivity index (χ3v) is 5.64. The maximum absolute atomic E-state index is 12.2. The fourth-order valence-electron chi connectivity index (χ4n) is 2.77. The van der Waals surface area contributed by atoms with Crippen LogP contribution in [0.4, 0.5) is 0 Å². The minimum absolute atomic E-state index is 0.0856. The summed E-state index contributed by atoms with van der Waals surface area (Å²) in [5, 5.41) is 6.34. The van der Waals surface area contributed by atoms with Crippen molar-refractivity contribution >= 4 is 28.6 Å². The molecule has 106 valence electrons. The molecule has 0 radical (unpaired) electrons. The van der Waals surface area contributed by atoms with Gasteiger partial charge in [-0.1, -0.05) is 0 Å². The number of carbonyl (C=O) groups excluding carboxylic acids is 1. The quantitative estimate of drug-likeness (QED) is 0.942. The standard InChI is InChI=1S/C15H18N2OS2/c1-9-13(16-10(2)20-9)8-15(18)17-12-4-3-5-14-11(12)6-7-19-14/h6-7,12H,3-5,8H2,1-2H3,(H,17,18). The van der Waals surface area contributed by atoms with Crippen molar-refractivity contribution in [3.05, 3.63) is 37.5 Å². The number of hydrogen-bond acceptors (Lipinski definition) is 4. The first-order valence-electron chi connectivity index (χ1n) is 6.92. The molecule has 2 aromatic heterocycles. The first-order valence-corrected chi connectivity index (χ1v) is 8.61. The van der Waals surface area contributed by atoms with Gasteiger partial charge in [-0.05, 0) is 50.1 Å². The van der Waals surface area contributed by atoms with Crippen LogP contribution in [-0.4, -0.2) is 10.9 Å². The van der Waals surface area contributed by atoms with Gasteiger partial charge in [-0.25, -0.2) is 4.98 Å². The van der Waals surface area contributed by atoms with Crippen molar-refractivity contribution in [2.75, 3.05) is 0 Å². The normalized spacial score (nSPS) is 17.8. The second-order valence-electron chi connectivity index (χ2n) is 5.22. The van der Waals surface area contributed by atoms with E-state index in [0.717, 1.165) is 34.8 Å². The molecule has 0 fully saturated rings. The molecule has 0 aromatic carbocycles. The summed E-state index contributed by atoms with van der Waals surface area (Å²) in [4.78, 5) is 19.3. The molecule has 1 N–H and O–H groups in total. The van der Waals surface area contributed by atoms with Gasteiger partial charge in [0.15, 0.2) is 0 Å². The summed E-state index contributed by atoms with van der Waals surface area (Å²) in [7, 11) is 0. The van der Waals surface area contributed by atoms with Gasteiger partial charge in [-0.3, -0.25) is 4.79 Å². The van der Waals surface area contributed by atoms with Gasteiger partial charge in [0, 0.05) is 9.75 Å². The van der Waals surface area contributed by atoms with Crippen molar-refractivity contribution in [1.29, 1.82) is 0 Å². The fourth-order valence-corrected chi connectivity index (χ4v) is 4.59. The van der Waals surface area contributed by atoms with Crippen molar-refractivity contribution in [2.45, 2.75) is 45.6 Å². The maximum Gasteiger partial charge on any atom is 0.226 e. The molecule has 2 aromatic rings. The lowest BCUT2D eigenvalue weighted by Gasteiger charge is -2.23. The molecule has 20 heavy (non-hydrogen) atoms. The molecule has 1 unspecified atom stereocenters. The summed E-state index contributed by atoms with van der Waals surface area (Å²) in [5.41, 5.74) is 2.24. The highest BCUT2D eigenvalue weighted by Gasteiger charge is 2.23. The summed E-state index contributed by atoms with van der Waals surface area (Å²) in [6.07, 6.45) is 3.76. The van der Waals surface area contributed by atoms with E-state index in [1.165, 1.54) is 10.4 Å². The molecular formula is C15H18N2OS2. The first kappa shape index (κ1) is 13.8. The second-order valence-corrected chi connectivity index (χ2v) is 7.63. The Morgan fingerprint density at radius 1 is 1.50 bits per heavy atom. The molecule has 1 aliphatic rings. The van der Waals surface area contributed by atoms with Crippen LogP contribution in [0.15, 0.2) is 11.4 Å². The number of thiophene rings is 1. The van der Waals surface area contributed by atoms with Gasteiger partial charge >= 0.3 is 0 Å². The Hall–Kier alpha value is -1.20. The van der Waals surface area contributed by atoms with Gasteiger partial charge in [0.2, 0.25) is 5.91 Å². The monoisotopic (exact) mass is 306 g/mol. The minimum Gasteiger partial charge on any atom is -0.349 e. The number of aryl methyl sites for hydroxylation is 3. The lowest BCUT2D eigenvalue weighted by molar-refractivity contribution is -0.121. The number of rotatable bonds is 3. The highest BCUT2D eigenvalue weighted by Crippen LogP contribution is 2.33. The van der Waals surface area contributed by atoms with Crippen molar-refractivity contribution < 1.29 is 4.79 Å². The Kier molecular flexibility index (Phi) is 3.89. The molecule has 0 saturated carbocycles. The van der Waals surface area contributed by atoms with Gasteiger partial charge in [0.1, 0.15) is 0 Å². The lowest BCUT2D eigenvalue weighted by atomic mass is 9.94. The molecule has 0 spiro atoms.